The van der Waals surface area contributed by atoms with Gasteiger partial charge >= 0.3 is 0 Å². The van der Waals surface area contributed by atoms with Crippen molar-refractivity contribution >= 4 is 35.1 Å². The van der Waals surface area contributed by atoms with Crippen LogP contribution >= 0.6 is 23.4 Å². The fourth-order valence-electron chi connectivity index (χ4n) is 1.05. The van der Waals surface area contributed by atoms with Crippen molar-refractivity contribution < 1.29 is 4.79 Å². The SMILES string of the molecule is CN(C)C(=O)CSc1ccc(C(=N)N)cc1Cl. The van der Waals surface area contributed by atoms with Gasteiger partial charge in [0.1, 0.15) is 5.84 Å². The number of nitrogens with one attached hydrogen (secondary N) is 1. The van der Waals surface area contributed by atoms with Crippen LogP contribution in [0.25, 0.3) is 0 Å². The molecular formula is C11H14ClN3OS. The van der Waals surface area contributed by atoms with Crippen molar-refractivity contribution in [3.05, 3.63) is 28.8 Å². The Morgan fingerprint density at radius 1 is 1.53 bits per heavy atom. The molecule has 0 radical (unpaired) electrons. The number of thioether (sulfide) groups is 1. The lowest BCUT2D eigenvalue weighted by Gasteiger charge is -2.10. The summed E-state index contributed by atoms with van der Waals surface area (Å²) in [7, 11) is 3.42. The van der Waals surface area contributed by atoms with Crippen molar-refractivity contribution in [3.8, 4) is 0 Å². The second-order valence-corrected chi connectivity index (χ2v) is 5.06. The topological polar surface area (TPSA) is 70.2 Å². The molecule has 1 aromatic carbocycles. The largest absolute Gasteiger partial charge is 0.384 e. The van der Waals surface area contributed by atoms with Gasteiger partial charge in [-0.1, -0.05) is 17.7 Å². The van der Waals surface area contributed by atoms with Crippen LogP contribution in [-0.4, -0.2) is 36.5 Å². The van der Waals surface area contributed by atoms with E-state index >= 15 is 0 Å². The zero-order valence-electron chi connectivity index (χ0n) is 9.66. The average molecular weight is 272 g/mol. The Morgan fingerprint density at radius 3 is 2.65 bits per heavy atom. The highest BCUT2D eigenvalue weighted by Gasteiger charge is 2.08. The predicted octanol–water partition coefficient (Wildman–Crippen LogP) is 1.80. The first-order valence-electron chi connectivity index (χ1n) is 4.88. The summed E-state index contributed by atoms with van der Waals surface area (Å²) in [6, 6.07) is 5.12. The molecule has 1 rings (SSSR count). The molecule has 0 fully saturated rings. The Bertz CT molecular complexity index is 448. The lowest BCUT2D eigenvalue weighted by Crippen LogP contribution is -2.23. The van der Waals surface area contributed by atoms with Crippen LogP contribution < -0.4 is 5.73 Å². The number of hydrogen-bond acceptors (Lipinski definition) is 3. The molecule has 17 heavy (non-hydrogen) atoms. The van der Waals surface area contributed by atoms with Crippen molar-refractivity contribution in [3.63, 3.8) is 0 Å². The highest BCUT2D eigenvalue weighted by atomic mass is 35.5. The number of hydrogen-bond donors (Lipinski definition) is 2. The van der Waals surface area contributed by atoms with E-state index in [1.807, 2.05) is 0 Å². The number of amidine groups is 1. The highest BCUT2D eigenvalue weighted by Crippen LogP contribution is 2.28. The number of halogens is 1. The van der Waals surface area contributed by atoms with Gasteiger partial charge in [0.25, 0.3) is 0 Å². The number of rotatable bonds is 4. The second-order valence-electron chi connectivity index (χ2n) is 3.64. The van der Waals surface area contributed by atoms with Crippen LogP contribution in [0, 0.1) is 5.41 Å². The Kier molecular flexibility index (Phi) is 4.84. The molecule has 1 amide bonds. The first kappa shape index (κ1) is 13.9. The Labute approximate surface area is 110 Å². The summed E-state index contributed by atoms with van der Waals surface area (Å²) in [4.78, 5) is 13.8. The fraction of sp³-hybridized carbons (Fsp3) is 0.273. The van der Waals surface area contributed by atoms with E-state index < -0.39 is 0 Å². The number of benzene rings is 1. The second kappa shape index (κ2) is 5.93. The van der Waals surface area contributed by atoms with Gasteiger partial charge in [-0.15, -0.1) is 11.8 Å². The van der Waals surface area contributed by atoms with E-state index in [2.05, 4.69) is 0 Å². The molecule has 0 saturated carbocycles. The molecule has 0 bridgehead atoms. The van der Waals surface area contributed by atoms with Gasteiger partial charge in [0.05, 0.1) is 10.8 Å². The summed E-state index contributed by atoms with van der Waals surface area (Å²) in [5, 5.41) is 7.79. The third kappa shape index (κ3) is 3.94. The number of nitrogen functional groups attached to an aromatic ring is 1. The lowest BCUT2D eigenvalue weighted by molar-refractivity contribution is -0.125. The summed E-state index contributed by atoms with van der Waals surface area (Å²) in [6.07, 6.45) is 0. The molecule has 6 heteroatoms. The third-order valence-electron chi connectivity index (χ3n) is 2.09. The van der Waals surface area contributed by atoms with E-state index in [1.54, 1.807) is 32.3 Å². The average Bonchev–Trinajstić information content (AvgIpc) is 2.26. The highest BCUT2D eigenvalue weighted by molar-refractivity contribution is 8.00. The molecule has 0 heterocycles. The van der Waals surface area contributed by atoms with Gasteiger partial charge < -0.3 is 10.6 Å². The van der Waals surface area contributed by atoms with Crippen molar-refractivity contribution in [1.29, 1.82) is 5.41 Å². The van der Waals surface area contributed by atoms with Gasteiger partial charge in [0, 0.05) is 24.6 Å². The number of carbonyl (C=O) groups is 1. The molecule has 0 unspecified atom stereocenters. The molecule has 0 saturated heterocycles. The van der Waals surface area contributed by atoms with Crippen LogP contribution in [0.1, 0.15) is 5.56 Å². The molecule has 92 valence electrons. The molecular weight excluding hydrogens is 258 g/mol. The molecule has 0 spiro atoms. The van der Waals surface area contributed by atoms with Crippen LogP contribution in [-0.2, 0) is 4.79 Å². The normalized spacial score (nSPS) is 10.1. The van der Waals surface area contributed by atoms with Crippen molar-refractivity contribution in [2.75, 3.05) is 19.8 Å². The minimum Gasteiger partial charge on any atom is -0.384 e. The number of amides is 1. The maximum atomic E-state index is 11.4. The van der Waals surface area contributed by atoms with Crippen LogP contribution in [0.5, 0.6) is 0 Å². The Balaban J connectivity index is 2.73. The molecule has 0 aliphatic rings. The Hall–Kier alpha value is -1.20. The van der Waals surface area contributed by atoms with Gasteiger partial charge in [-0.05, 0) is 12.1 Å². The molecule has 0 aliphatic carbocycles. The van der Waals surface area contributed by atoms with Crippen molar-refractivity contribution in [2.45, 2.75) is 4.90 Å². The lowest BCUT2D eigenvalue weighted by atomic mass is 10.2. The monoisotopic (exact) mass is 271 g/mol. The number of nitrogens with two attached hydrogens (primary N) is 1. The van der Waals surface area contributed by atoms with Crippen molar-refractivity contribution in [1.82, 2.24) is 4.90 Å². The molecule has 0 aliphatic heterocycles. The minimum absolute atomic E-state index is 0.0205. The maximum Gasteiger partial charge on any atom is 0.232 e. The van der Waals surface area contributed by atoms with Gasteiger partial charge in [-0.2, -0.15) is 0 Å². The molecule has 0 aromatic heterocycles. The smallest absolute Gasteiger partial charge is 0.232 e. The quantitative estimate of drug-likeness (QED) is 0.498. The van der Waals surface area contributed by atoms with E-state index in [9.17, 15) is 4.79 Å². The predicted molar refractivity (Wildman–Crippen MR) is 71.9 cm³/mol. The summed E-state index contributed by atoms with van der Waals surface area (Å²) >= 11 is 7.41. The fourth-order valence-corrected chi connectivity index (χ4v) is 2.30. The summed E-state index contributed by atoms with van der Waals surface area (Å²) in [5.41, 5.74) is 5.93. The van der Waals surface area contributed by atoms with Gasteiger partial charge in [0.15, 0.2) is 0 Å². The van der Waals surface area contributed by atoms with E-state index in [0.717, 1.165) is 4.90 Å². The summed E-state index contributed by atoms with van der Waals surface area (Å²) in [6.45, 7) is 0. The standard InChI is InChI=1S/C11H14ClN3OS/c1-15(2)10(16)6-17-9-4-3-7(11(13)14)5-8(9)12/h3-5H,6H2,1-2H3,(H3,13,14). The zero-order chi connectivity index (χ0) is 13.0. The molecule has 4 nitrogen and oxygen atoms in total. The number of carbonyl (C=O) groups excluding carboxylic acids is 1. The van der Waals surface area contributed by atoms with Crippen LogP contribution in [0.4, 0.5) is 0 Å². The third-order valence-corrected chi connectivity index (χ3v) is 3.58. The first-order chi connectivity index (χ1) is 7.91. The minimum atomic E-state index is -0.0205. The molecule has 3 N–H and O–H groups in total. The van der Waals surface area contributed by atoms with E-state index in [-0.39, 0.29) is 11.7 Å². The van der Waals surface area contributed by atoms with Crippen molar-refractivity contribution in [2.24, 2.45) is 5.73 Å². The number of nitrogens with zero attached hydrogens (tertiary/aromatic N) is 1. The summed E-state index contributed by atoms with van der Waals surface area (Å²) < 4.78 is 0. The zero-order valence-corrected chi connectivity index (χ0v) is 11.2. The molecule has 0 atom stereocenters. The molecule has 1 aromatic rings. The Morgan fingerprint density at radius 2 is 2.18 bits per heavy atom. The van der Waals surface area contributed by atoms with Gasteiger partial charge in [-0.25, -0.2) is 0 Å². The van der Waals surface area contributed by atoms with Crippen LogP contribution in [0.3, 0.4) is 0 Å². The van der Waals surface area contributed by atoms with Gasteiger partial charge in [-0.3, -0.25) is 10.2 Å². The van der Waals surface area contributed by atoms with Crippen LogP contribution in [0.15, 0.2) is 23.1 Å². The van der Waals surface area contributed by atoms with Crippen LogP contribution in [0.2, 0.25) is 5.02 Å². The summed E-state index contributed by atoms with van der Waals surface area (Å²) in [5.74, 6) is 0.348. The first-order valence-corrected chi connectivity index (χ1v) is 6.25. The van der Waals surface area contributed by atoms with E-state index in [4.69, 9.17) is 22.7 Å². The maximum absolute atomic E-state index is 11.4. The van der Waals surface area contributed by atoms with E-state index in [1.165, 1.54) is 16.7 Å². The van der Waals surface area contributed by atoms with E-state index in [0.29, 0.717) is 16.3 Å². The van der Waals surface area contributed by atoms with Gasteiger partial charge in [0.2, 0.25) is 5.91 Å².